The van der Waals surface area contributed by atoms with Crippen LogP contribution in [-0.4, -0.2) is 5.78 Å². The Bertz CT molecular complexity index is 221. The molecule has 2 aliphatic rings. The summed E-state index contributed by atoms with van der Waals surface area (Å²) in [5.41, 5.74) is 0.506. The highest BCUT2D eigenvalue weighted by Gasteiger charge is 2.43. The maximum atomic E-state index is 11.4. The number of rotatable bonds is 0. The molecule has 0 radical (unpaired) electrons. The van der Waals surface area contributed by atoms with Crippen LogP contribution >= 0.6 is 0 Å². The molecule has 2 aliphatic carbocycles. The van der Waals surface area contributed by atoms with Gasteiger partial charge in [0.05, 0.1) is 0 Å². The zero-order chi connectivity index (χ0) is 9.47. The summed E-state index contributed by atoms with van der Waals surface area (Å²) in [7, 11) is 0. The predicted octanol–water partition coefficient (Wildman–Crippen LogP) is 3.18. The van der Waals surface area contributed by atoms with Gasteiger partial charge in [-0.15, -0.1) is 0 Å². The van der Waals surface area contributed by atoms with E-state index in [9.17, 15) is 4.79 Å². The van der Waals surface area contributed by atoms with E-state index in [2.05, 4.69) is 13.8 Å². The highest BCUT2D eigenvalue weighted by molar-refractivity contribution is 5.79. The second-order valence-electron chi connectivity index (χ2n) is 5.37. The van der Waals surface area contributed by atoms with Gasteiger partial charge in [0.2, 0.25) is 0 Å². The van der Waals surface area contributed by atoms with Crippen molar-refractivity contribution in [3.63, 3.8) is 0 Å². The zero-order valence-corrected chi connectivity index (χ0v) is 8.81. The lowest BCUT2D eigenvalue weighted by atomic mass is 9.57. The molecule has 2 saturated carbocycles. The van der Waals surface area contributed by atoms with Crippen LogP contribution in [0.3, 0.4) is 0 Å². The minimum Gasteiger partial charge on any atom is -0.300 e. The summed E-state index contributed by atoms with van der Waals surface area (Å²) in [6, 6.07) is 0. The summed E-state index contributed by atoms with van der Waals surface area (Å²) >= 11 is 0. The van der Waals surface area contributed by atoms with Gasteiger partial charge in [-0.1, -0.05) is 26.7 Å². The van der Waals surface area contributed by atoms with Crippen molar-refractivity contribution in [2.75, 3.05) is 0 Å². The number of carbonyl (C=O) groups is 1. The molecule has 1 nitrogen and oxygen atoms in total. The Balaban J connectivity index is 2.17. The molecule has 0 aromatic rings. The number of fused-ring (bicyclic) bond motifs is 1. The van der Waals surface area contributed by atoms with Crippen molar-refractivity contribution in [2.24, 2.45) is 17.3 Å². The van der Waals surface area contributed by atoms with E-state index in [0.29, 0.717) is 17.1 Å². The van der Waals surface area contributed by atoms with Crippen LogP contribution in [0.1, 0.15) is 52.4 Å². The molecule has 0 spiro atoms. The van der Waals surface area contributed by atoms with Crippen molar-refractivity contribution in [2.45, 2.75) is 52.4 Å². The third-order valence-corrected chi connectivity index (χ3v) is 4.41. The van der Waals surface area contributed by atoms with Crippen LogP contribution in [0.5, 0.6) is 0 Å². The average Bonchev–Trinajstić information content (AvgIpc) is 2.08. The van der Waals surface area contributed by atoms with E-state index in [1.54, 1.807) is 0 Å². The van der Waals surface area contributed by atoms with Gasteiger partial charge in [-0.3, -0.25) is 4.79 Å². The molecular formula is C12H20O. The number of hydrogen-bond donors (Lipinski definition) is 0. The predicted molar refractivity (Wildman–Crippen MR) is 53.5 cm³/mol. The second kappa shape index (κ2) is 3.11. The van der Waals surface area contributed by atoms with Gasteiger partial charge in [-0.2, -0.15) is 0 Å². The Labute approximate surface area is 80.9 Å². The summed E-state index contributed by atoms with van der Waals surface area (Å²) in [5.74, 6) is 1.99. The lowest BCUT2D eigenvalue weighted by Gasteiger charge is -2.48. The molecule has 1 heteroatoms. The molecular weight excluding hydrogens is 160 g/mol. The first-order valence-electron chi connectivity index (χ1n) is 5.63. The standard InChI is InChI=1S/C12H20O/c1-9-4-3-6-12(2)7-5-10(13)8-11(9)12/h9,11H,3-8H2,1-2H3/t9-,11+,12-/m0/s1. The Morgan fingerprint density at radius 3 is 2.92 bits per heavy atom. The van der Waals surface area contributed by atoms with Crippen LogP contribution in [-0.2, 0) is 4.79 Å². The van der Waals surface area contributed by atoms with Crippen molar-refractivity contribution in [3.8, 4) is 0 Å². The SMILES string of the molecule is C[C@H]1CCC[C@@]2(C)CCC(=O)C[C@H]12. The summed E-state index contributed by atoms with van der Waals surface area (Å²) in [4.78, 5) is 11.4. The Morgan fingerprint density at radius 1 is 1.38 bits per heavy atom. The first kappa shape index (κ1) is 9.23. The fourth-order valence-corrected chi connectivity index (χ4v) is 3.43. The number of Topliss-reactive ketones (excluding diaryl/α,β-unsaturated/α-hetero) is 1. The van der Waals surface area contributed by atoms with Crippen molar-refractivity contribution < 1.29 is 4.79 Å². The zero-order valence-electron chi connectivity index (χ0n) is 8.81. The first-order chi connectivity index (χ1) is 6.12. The van der Waals surface area contributed by atoms with Gasteiger partial charge in [-0.25, -0.2) is 0 Å². The summed E-state index contributed by atoms with van der Waals surface area (Å²) in [5, 5.41) is 0. The van der Waals surface area contributed by atoms with Crippen LogP contribution in [0.25, 0.3) is 0 Å². The molecule has 0 N–H and O–H groups in total. The van der Waals surface area contributed by atoms with Crippen molar-refractivity contribution in [1.29, 1.82) is 0 Å². The molecule has 13 heavy (non-hydrogen) atoms. The van der Waals surface area contributed by atoms with Crippen molar-refractivity contribution >= 4 is 5.78 Å². The van der Waals surface area contributed by atoms with Crippen LogP contribution in [0.15, 0.2) is 0 Å². The molecule has 0 amide bonds. The minimum absolute atomic E-state index is 0.506. The van der Waals surface area contributed by atoms with E-state index in [1.165, 1.54) is 19.3 Å². The van der Waals surface area contributed by atoms with Crippen molar-refractivity contribution in [3.05, 3.63) is 0 Å². The first-order valence-corrected chi connectivity index (χ1v) is 5.63. The van der Waals surface area contributed by atoms with Crippen LogP contribution in [0.2, 0.25) is 0 Å². The minimum atomic E-state index is 0.506. The summed E-state index contributed by atoms with van der Waals surface area (Å²) in [6.45, 7) is 4.74. The third kappa shape index (κ3) is 1.53. The molecule has 2 fully saturated rings. The maximum Gasteiger partial charge on any atom is 0.133 e. The van der Waals surface area contributed by atoms with Crippen LogP contribution in [0, 0.1) is 17.3 Å². The highest BCUT2D eigenvalue weighted by atomic mass is 16.1. The molecule has 3 atom stereocenters. The van der Waals surface area contributed by atoms with Gasteiger partial charge in [0.15, 0.2) is 0 Å². The maximum absolute atomic E-state index is 11.4. The molecule has 0 aromatic carbocycles. The highest BCUT2D eigenvalue weighted by Crippen LogP contribution is 2.51. The van der Waals surface area contributed by atoms with E-state index < -0.39 is 0 Å². The van der Waals surface area contributed by atoms with E-state index in [4.69, 9.17) is 0 Å². The lowest BCUT2D eigenvalue weighted by molar-refractivity contribution is -0.127. The molecule has 0 aromatic heterocycles. The smallest absolute Gasteiger partial charge is 0.133 e. The van der Waals surface area contributed by atoms with E-state index in [-0.39, 0.29) is 0 Å². The van der Waals surface area contributed by atoms with Gasteiger partial charge in [0, 0.05) is 12.8 Å². The van der Waals surface area contributed by atoms with E-state index in [1.807, 2.05) is 0 Å². The van der Waals surface area contributed by atoms with Crippen LogP contribution in [0.4, 0.5) is 0 Å². The fourth-order valence-electron chi connectivity index (χ4n) is 3.43. The van der Waals surface area contributed by atoms with E-state index >= 15 is 0 Å². The van der Waals surface area contributed by atoms with Gasteiger partial charge in [0.1, 0.15) is 5.78 Å². The van der Waals surface area contributed by atoms with Crippen LogP contribution < -0.4 is 0 Å². The van der Waals surface area contributed by atoms with Gasteiger partial charge in [-0.05, 0) is 30.1 Å². The molecule has 0 heterocycles. The Morgan fingerprint density at radius 2 is 2.15 bits per heavy atom. The fraction of sp³-hybridized carbons (Fsp3) is 0.917. The van der Waals surface area contributed by atoms with Gasteiger partial charge < -0.3 is 0 Å². The molecule has 74 valence electrons. The molecule has 0 bridgehead atoms. The molecule has 0 aliphatic heterocycles. The van der Waals surface area contributed by atoms with Gasteiger partial charge in [0.25, 0.3) is 0 Å². The van der Waals surface area contributed by atoms with Crippen molar-refractivity contribution in [1.82, 2.24) is 0 Å². The number of ketones is 1. The molecule has 0 saturated heterocycles. The molecule has 2 rings (SSSR count). The Hall–Kier alpha value is -0.330. The largest absolute Gasteiger partial charge is 0.300 e. The normalized spacial score (nSPS) is 45.8. The topological polar surface area (TPSA) is 17.1 Å². The second-order valence-corrected chi connectivity index (χ2v) is 5.37. The third-order valence-electron chi connectivity index (χ3n) is 4.41. The molecule has 0 unspecified atom stereocenters. The van der Waals surface area contributed by atoms with E-state index in [0.717, 1.165) is 25.2 Å². The summed E-state index contributed by atoms with van der Waals surface area (Å²) < 4.78 is 0. The lowest BCUT2D eigenvalue weighted by Crippen LogP contribution is -2.41. The Kier molecular flexibility index (Phi) is 2.21. The summed E-state index contributed by atoms with van der Waals surface area (Å²) in [6.07, 6.45) is 6.95. The monoisotopic (exact) mass is 180 g/mol. The number of hydrogen-bond acceptors (Lipinski definition) is 1. The van der Waals surface area contributed by atoms with Gasteiger partial charge >= 0.3 is 0 Å². The quantitative estimate of drug-likeness (QED) is 0.559. The average molecular weight is 180 g/mol. The number of carbonyl (C=O) groups excluding carboxylic acids is 1.